The Morgan fingerprint density at radius 2 is 1.67 bits per heavy atom. The molecule has 1 unspecified atom stereocenters. The lowest BCUT2D eigenvalue weighted by Gasteiger charge is -2.24. The second-order valence-corrected chi connectivity index (χ2v) is 5.29. The Balaban J connectivity index is 0.00000161. The van der Waals surface area contributed by atoms with Crippen LogP contribution >= 0.6 is 0 Å². The normalized spacial score (nSPS) is 16.9. The fraction of sp³-hybridized carbons (Fsp3) is 0.250. The van der Waals surface area contributed by atoms with Crippen molar-refractivity contribution in [2.75, 3.05) is 6.54 Å². The van der Waals surface area contributed by atoms with Crippen LogP contribution in [0.25, 0.3) is 0 Å². The second-order valence-electron chi connectivity index (χ2n) is 5.29. The van der Waals surface area contributed by atoms with Crippen LogP contribution in [0.4, 0.5) is 0 Å². The van der Waals surface area contributed by atoms with Gasteiger partial charge in [0.2, 0.25) is 0 Å². The molecule has 0 radical (unpaired) electrons. The Bertz CT molecular complexity index is 628. The molecule has 21 heavy (non-hydrogen) atoms. The molecule has 2 aromatic rings. The van der Waals surface area contributed by atoms with E-state index < -0.39 is 0 Å². The summed E-state index contributed by atoms with van der Waals surface area (Å²) in [4.78, 5) is 0. The molecule has 0 bridgehead atoms. The van der Waals surface area contributed by atoms with Gasteiger partial charge in [-0.25, -0.2) is 0 Å². The molecule has 4 nitrogen and oxygen atoms in total. The third-order valence-corrected chi connectivity index (χ3v) is 3.89. The summed E-state index contributed by atoms with van der Waals surface area (Å²) in [7, 11) is 0. The maximum Gasteiger partial charge on any atom is 0.157 e. The number of phenolic OH excluding ortho intramolecular Hbond substituents is 3. The first-order chi connectivity index (χ1) is 9.63. The van der Waals surface area contributed by atoms with Crippen molar-refractivity contribution in [2.45, 2.75) is 18.9 Å². The van der Waals surface area contributed by atoms with Gasteiger partial charge >= 0.3 is 0 Å². The lowest BCUT2D eigenvalue weighted by atomic mass is 9.90. The molecule has 0 spiro atoms. The van der Waals surface area contributed by atoms with E-state index in [1.165, 1.54) is 0 Å². The van der Waals surface area contributed by atoms with Crippen LogP contribution in [0.5, 0.6) is 17.2 Å². The summed E-state index contributed by atoms with van der Waals surface area (Å²) in [5.41, 5.74) is 3.33. The van der Waals surface area contributed by atoms with Gasteiger partial charge in [0.1, 0.15) is 11.8 Å². The van der Waals surface area contributed by atoms with E-state index in [0.29, 0.717) is 0 Å². The summed E-state index contributed by atoms with van der Waals surface area (Å²) in [5.74, 6) is 0.160. The number of hydrogen-bond donors (Lipinski definition) is 4. The van der Waals surface area contributed by atoms with Gasteiger partial charge in [-0.05, 0) is 35.4 Å². The Morgan fingerprint density at radius 1 is 1.00 bits per heavy atom. The topological polar surface area (TPSA) is 77.3 Å². The zero-order valence-electron chi connectivity index (χ0n) is 11.5. The number of quaternary nitrogens is 1. The number of fused-ring (bicyclic) bond motifs is 1. The van der Waals surface area contributed by atoms with Gasteiger partial charge in [-0.15, -0.1) is 0 Å². The summed E-state index contributed by atoms with van der Waals surface area (Å²) < 4.78 is 0. The molecule has 0 amide bonds. The highest BCUT2D eigenvalue weighted by Crippen LogP contribution is 2.33. The zero-order chi connectivity index (χ0) is 14.1. The van der Waals surface area contributed by atoms with Gasteiger partial charge in [-0.3, -0.25) is 0 Å². The monoisotopic (exact) mass is 399 g/mol. The van der Waals surface area contributed by atoms with Crippen LogP contribution < -0.4 is 29.3 Å². The first-order valence-electron chi connectivity index (χ1n) is 6.79. The summed E-state index contributed by atoms with van der Waals surface area (Å²) in [6, 6.07) is 10.8. The molecular weight excluding hydrogens is 381 g/mol. The van der Waals surface area contributed by atoms with Crippen LogP contribution in [0.15, 0.2) is 36.4 Å². The second kappa shape index (κ2) is 6.53. The molecule has 0 aliphatic carbocycles. The molecule has 112 valence electrons. The lowest BCUT2D eigenvalue weighted by molar-refractivity contribution is -0.698. The molecule has 1 aliphatic rings. The average Bonchev–Trinajstić information content (AvgIpc) is 2.43. The fourth-order valence-corrected chi connectivity index (χ4v) is 2.84. The molecule has 2 aromatic carbocycles. The number of benzene rings is 2. The Morgan fingerprint density at radius 3 is 2.38 bits per heavy atom. The van der Waals surface area contributed by atoms with E-state index in [1.807, 2.05) is 12.1 Å². The number of rotatable bonds is 2. The Hall–Kier alpha value is -1.47. The minimum Gasteiger partial charge on any atom is -1.00 e. The highest BCUT2D eigenvalue weighted by molar-refractivity contribution is 5.47. The third kappa shape index (κ3) is 3.41. The minimum atomic E-state index is -0.0604. The van der Waals surface area contributed by atoms with Crippen LogP contribution in [0.1, 0.15) is 22.7 Å². The standard InChI is InChI=1S/C16H17NO3.HI/c18-12-3-1-10(2-4-12)7-14-13-9-16(20)15(19)8-11(13)5-6-17-14;/h1-4,8-9,14,17-20H,5-7H2;1H. The van der Waals surface area contributed by atoms with Gasteiger partial charge in [0, 0.05) is 18.4 Å². The smallest absolute Gasteiger partial charge is 0.157 e. The van der Waals surface area contributed by atoms with Crippen molar-refractivity contribution in [1.29, 1.82) is 0 Å². The van der Waals surface area contributed by atoms with Crippen molar-refractivity contribution >= 4 is 0 Å². The maximum absolute atomic E-state index is 9.70. The Kier molecular flexibility index (Phi) is 4.95. The van der Waals surface area contributed by atoms with Crippen LogP contribution in [0, 0.1) is 0 Å². The van der Waals surface area contributed by atoms with Gasteiger partial charge < -0.3 is 44.6 Å². The van der Waals surface area contributed by atoms with Gasteiger partial charge in [0.25, 0.3) is 0 Å². The average molecular weight is 399 g/mol. The van der Waals surface area contributed by atoms with Gasteiger partial charge in [0.15, 0.2) is 11.5 Å². The molecule has 0 saturated heterocycles. The molecule has 1 aliphatic heterocycles. The van der Waals surface area contributed by atoms with Crippen LogP contribution in [-0.2, 0) is 12.8 Å². The molecule has 1 heterocycles. The number of nitrogens with two attached hydrogens (primary N) is 1. The summed E-state index contributed by atoms with van der Waals surface area (Å²) in [6.45, 7) is 0.972. The lowest BCUT2D eigenvalue weighted by Crippen LogP contribution is -3.00. The summed E-state index contributed by atoms with van der Waals surface area (Å²) >= 11 is 0. The predicted molar refractivity (Wildman–Crippen MR) is 74.8 cm³/mol. The van der Waals surface area contributed by atoms with E-state index in [2.05, 4.69) is 5.32 Å². The molecule has 0 saturated carbocycles. The van der Waals surface area contributed by atoms with Crippen molar-refractivity contribution in [3.63, 3.8) is 0 Å². The zero-order valence-corrected chi connectivity index (χ0v) is 13.6. The van der Waals surface area contributed by atoms with E-state index in [1.54, 1.807) is 24.3 Å². The van der Waals surface area contributed by atoms with Crippen LogP contribution in [-0.4, -0.2) is 21.9 Å². The quantitative estimate of drug-likeness (QED) is 0.356. The van der Waals surface area contributed by atoms with E-state index in [9.17, 15) is 15.3 Å². The number of aromatic hydroxyl groups is 3. The van der Waals surface area contributed by atoms with Crippen LogP contribution in [0.2, 0.25) is 0 Å². The molecule has 1 atom stereocenters. The number of halogens is 1. The van der Waals surface area contributed by atoms with E-state index in [-0.39, 0.29) is 47.3 Å². The molecule has 5 heteroatoms. The molecular formula is C16H18INO3. The van der Waals surface area contributed by atoms with Crippen molar-refractivity contribution in [1.82, 2.24) is 0 Å². The third-order valence-electron chi connectivity index (χ3n) is 3.89. The predicted octanol–water partition coefficient (Wildman–Crippen LogP) is -1.79. The maximum atomic E-state index is 9.70. The Labute approximate surface area is 140 Å². The van der Waals surface area contributed by atoms with E-state index >= 15 is 0 Å². The summed E-state index contributed by atoms with van der Waals surface area (Å²) in [6.07, 6.45) is 1.73. The highest BCUT2D eigenvalue weighted by atomic mass is 127. The van der Waals surface area contributed by atoms with Gasteiger partial charge in [-0.2, -0.15) is 0 Å². The van der Waals surface area contributed by atoms with Crippen molar-refractivity contribution in [3.8, 4) is 17.2 Å². The van der Waals surface area contributed by atoms with E-state index in [4.69, 9.17) is 0 Å². The van der Waals surface area contributed by atoms with Crippen molar-refractivity contribution in [3.05, 3.63) is 53.1 Å². The highest BCUT2D eigenvalue weighted by Gasteiger charge is 2.25. The summed E-state index contributed by atoms with van der Waals surface area (Å²) in [5, 5.41) is 30.9. The molecule has 3 rings (SSSR count). The first kappa shape index (κ1) is 15.9. The number of hydrogen-bond acceptors (Lipinski definition) is 3. The van der Waals surface area contributed by atoms with Gasteiger partial charge in [-0.1, -0.05) is 12.1 Å². The van der Waals surface area contributed by atoms with E-state index in [0.717, 1.165) is 36.1 Å². The van der Waals surface area contributed by atoms with Gasteiger partial charge in [0.05, 0.1) is 6.54 Å². The minimum absolute atomic E-state index is 0. The SMILES string of the molecule is Oc1ccc(CC2[NH2+]CCc3cc(O)c(O)cc32)cc1.[I-]. The van der Waals surface area contributed by atoms with Crippen molar-refractivity contribution < 1.29 is 44.6 Å². The molecule has 0 fully saturated rings. The first-order valence-corrected chi connectivity index (χ1v) is 6.79. The number of phenols is 3. The largest absolute Gasteiger partial charge is 1.00 e. The molecule has 0 aromatic heterocycles. The van der Waals surface area contributed by atoms with Crippen LogP contribution in [0.3, 0.4) is 0 Å². The van der Waals surface area contributed by atoms with Crippen molar-refractivity contribution in [2.24, 2.45) is 0 Å². The molecule has 5 N–H and O–H groups in total. The fourth-order valence-electron chi connectivity index (χ4n) is 2.84.